The number of ether oxygens (including phenoxy) is 1. The summed E-state index contributed by atoms with van der Waals surface area (Å²) in [5.74, 6) is 0. The zero-order valence-corrected chi connectivity index (χ0v) is 13.5. The van der Waals surface area contributed by atoms with E-state index < -0.39 is 0 Å². The minimum Gasteiger partial charge on any atom is -0.374 e. The Morgan fingerprint density at radius 2 is 1.50 bits per heavy atom. The quantitative estimate of drug-likeness (QED) is 0.500. The molecule has 0 saturated heterocycles. The molecule has 0 aromatic heterocycles. The van der Waals surface area contributed by atoms with Gasteiger partial charge < -0.3 is 4.74 Å². The molecule has 0 aliphatic heterocycles. The van der Waals surface area contributed by atoms with Crippen molar-refractivity contribution in [2.45, 2.75) is 45.8 Å². The lowest BCUT2D eigenvalue weighted by Crippen LogP contribution is -2.08. The summed E-state index contributed by atoms with van der Waals surface area (Å²) in [5.41, 5.74) is 1.32. The van der Waals surface area contributed by atoms with Crippen molar-refractivity contribution < 1.29 is 4.74 Å². The first-order chi connectivity index (χ1) is 10.8. The highest BCUT2D eigenvalue weighted by Crippen LogP contribution is 2.29. The molecule has 0 fully saturated rings. The van der Waals surface area contributed by atoms with Crippen LogP contribution in [0.3, 0.4) is 0 Å². The Balaban J connectivity index is 1.97. The monoisotopic (exact) mass is 292 g/mol. The molecule has 0 radical (unpaired) electrons. The molecule has 3 aromatic rings. The fourth-order valence-corrected chi connectivity index (χ4v) is 3.06. The Labute approximate surface area is 132 Å². The van der Waals surface area contributed by atoms with Gasteiger partial charge in [-0.1, -0.05) is 68.3 Å². The third-order valence-electron chi connectivity index (χ3n) is 4.36. The van der Waals surface area contributed by atoms with Crippen molar-refractivity contribution in [2.24, 2.45) is 0 Å². The molecule has 0 saturated carbocycles. The Hall–Kier alpha value is -1.86. The SMILES string of the molecule is CCCCC(C)OCc1c2ccccc2cc2ccccc12. The fraction of sp³-hybridized carbons (Fsp3) is 0.333. The highest BCUT2D eigenvalue weighted by molar-refractivity contribution is 6.02. The van der Waals surface area contributed by atoms with Gasteiger partial charge in [-0.3, -0.25) is 0 Å². The van der Waals surface area contributed by atoms with Crippen LogP contribution >= 0.6 is 0 Å². The summed E-state index contributed by atoms with van der Waals surface area (Å²) in [4.78, 5) is 0. The highest BCUT2D eigenvalue weighted by atomic mass is 16.5. The number of benzene rings is 3. The molecule has 0 aliphatic rings. The predicted octanol–water partition coefficient (Wildman–Crippen LogP) is 6.09. The molecule has 0 N–H and O–H groups in total. The van der Waals surface area contributed by atoms with E-state index in [9.17, 15) is 0 Å². The van der Waals surface area contributed by atoms with Gasteiger partial charge in [0.15, 0.2) is 0 Å². The molecule has 1 atom stereocenters. The van der Waals surface area contributed by atoms with E-state index in [0.717, 1.165) is 6.42 Å². The molecule has 22 heavy (non-hydrogen) atoms. The van der Waals surface area contributed by atoms with Crippen LogP contribution in [0.4, 0.5) is 0 Å². The van der Waals surface area contributed by atoms with E-state index in [2.05, 4.69) is 68.4 Å². The predicted molar refractivity (Wildman–Crippen MR) is 95.2 cm³/mol. The third-order valence-corrected chi connectivity index (χ3v) is 4.36. The second-order valence-electron chi connectivity index (χ2n) is 6.06. The number of hydrogen-bond acceptors (Lipinski definition) is 1. The maximum atomic E-state index is 6.15. The van der Waals surface area contributed by atoms with Crippen molar-refractivity contribution in [3.05, 3.63) is 60.2 Å². The maximum absolute atomic E-state index is 6.15. The zero-order valence-electron chi connectivity index (χ0n) is 13.5. The molecule has 1 unspecified atom stereocenters. The maximum Gasteiger partial charge on any atom is 0.0732 e. The van der Waals surface area contributed by atoms with E-state index in [-0.39, 0.29) is 0 Å². The molecule has 0 amide bonds. The summed E-state index contributed by atoms with van der Waals surface area (Å²) in [6.45, 7) is 5.10. The Morgan fingerprint density at radius 3 is 2.09 bits per heavy atom. The molecule has 3 rings (SSSR count). The second-order valence-corrected chi connectivity index (χ2v) is 6.06. The van der Waals surface area contributed by atoms with Gasteiger partial charge >= 0.3 is 0 Å². The van der Waals surface area contributed by atoms with Gasteiger partial charge in [0.25, 0.3) is 0 Å². The summed E-state index contributed by atoms with van der Waals surface area (Å²) < 4.78 is 6.15. The molecule has 0 spiro atoms. The van der Waals surface area contributed by atoms with E-state index in [4.69, 9.17) is 4.74 Å². The first-order valence-corrected chi connectivity index (χ1v) is 8.30. The lowest BCUT2D eigenvalue weighted by Gasteiger charge is -2.16. The molecular weight excluding hydrogens is 268 g/mol. The van der Waals surface area contributed by atoms with E-state index in [1.54, 1.807) is 0 Å². The Morgan fingerprint density at radius 1 is 0.909 bits per heavy atom. The minimum atomic E-state index is 0.317. The molecule has 0 aliphatic carbocycles. The number of hydrogen-bond donors (Lipinski definition) is 0. The highest BCUT2D eigenvalue weighted by Gasteiger charge is 2.09. The van der Waals surface area contributed by atoms with Crippen LogP contribution in [0.2, 0.25) is 0 Å². The van der Waals surface area contributed by atoms with Crippen LogP contribution in [0.5, 0.6) is 0 Å². The summed E-state index contributed by atoms with van der Waals surface area (Å²) in [6, 6.07) is 19.5. The van der Waals surface area contributed by atoms with Crippen LogP contribution in [0.15, 0.2) is 54.6 Å². The van der Waals surface area contributed by atoms with Crippen LogP contribution < -0.4 is 0 Å². The van der Waals surface area contributed by atoms with E-state index in [1.165, 1.54) is 39.9 Å². The third kappa shape index (κ3) is 3.15. The first kappa shape index (κ1) is 15.1. The number of rotatable bonds is 6. The van der Waals surface area contributed by atoms with Gasteiger partial charge in [-0.25, -0.2) is 0 Å². The van der Waals surface area contributed by atoms with Crippen LogP contribution in [-0.4, -0.2) is 6.10 Å². The summed E-state index contributed by atoms with van der Waals surface area (Å²) in [6.07, 6.45) is 3.92. The van der Waals surface area contributed by atoms with Gasteiger partial charge in [0.1, 0.15) is 0 Å². The van der Waals surface area contributed by atoms with E-state index in [0.29, 0.717) is 12.7 Å². The molecule has 0 heterocycles. The van der Waals surface area contributed by atoms with Crippen molar-refractivity contribution in [2.75, 3.05) is 0 Å². The van der Waals surface area contributed by atoms with Crippen molar-refractivity contribution >= 4 is 21.5 Å². The van der Waals surface area contributed by atoms with E-state index >= 15 is 0 Å². The van der Waals surface area contributed by atoms with Crippen molar-refractivity contribution in [3.8, 4) is 0 Å². The Kier molecular flexibility index (Phi) is 4.74. The van der Waals surface area contributed by atoms with Crippen LogP contribution in [0, 0.1) is 0 Å². The molecular formula is C21H24O. The average Bonchev–Trinajstić information content (AvgIpc) is 2.56. The van der Waals surface area contributed by atoms with Crippen LogP contribution in [-0.2, 0) is 11.3 Å². The van der Waals surface area contributed by atoms with Crippen molar-refractivity contribution in [3.63, 3.8) is 0 Å². The lowest BCUT2D eigenvalue weighted by atomic mass is 9.97. The van der Waals surface area contributed by atoms with Gasteiger partial charge in [-0.05, 0) is 46.5 Å². The normalized spacial score (nSPS) is 12.8. The molecule has 114 valence electrons. The molecule has 0 bridgehead atoms. The van der Waals surface area contributed by atoms with E-state index in [1.807, 2.05) is 0 Å². The molecule has 3 aromatic carbocycles. The lowest BCUT2D eigenvalue weighted by molar-refractivity contribution is 0.0475. The van der Waals surface area contributed by atoms with Crippen LogP contribution in [0.1, 0.15) is 38.7 Å². The smallest absolute Gasteiger partial charge is 0.0732 e. The van der Waals surface area contributed by atoms with Gasteiger partial charge in [-0.15, -0.1) is 0 Å². The van der Waals surface area contributed by atoms with Gasteiger partial charge in [0.05, 0.1) is 12.7 Å². The summed E-state index contributed by atoms with van der Waals surface area (Å²) in [5, 5.41) is 5.20. The molecule has 1 heteroatoms. The fourth-order valence-electron chi connectivity index (χ4n) is 3.06. The van der Waals surface area contributed by atoms with Crippen LogP contribution in [0.25, 0.3) is 21.5 Å². The van der Waals surface area contributed by atoms with Crippen molar-refractivity contribution in [1.82, 2.24) is 0 Å². The largest absolute Gasteiger partial charge is 0.374 e. The Bertz CT molecular complexity index is 706. The van der Waals surface area contributed by atoms with Gasteiger partial charge in [0, 0.05) is 0 Å². The van der Waals surface area contributed by atoms with Gasteiger partial charge in [0.2, 0.25) is 0 Å². The number of unbranched alkanes of at least 4 members (excludes halogenated alkanes) is 1. The topological polar surface area (TPSA) is 9.23 Å². The number of fused-ring (bicyclic) bond motifs is 2. The van der Waals surface area contributed by atoms with Gasteiger partial charge in [-0.2, -0.15) is 0 Å². The van der Waals surface area contributed by atoms with Crippen molar-refractivity contribution in [1.29, 1.82) is 0 Å². The second kappa shape index (κ2) is 6.93. The molecule has 1 nitrogen and oxygen atoms in total. The zero-order chi connectivity index (χ0) is 15.4. The summed E-state index contributed by atoms with van der Waals surface area (Å²) in [7, 11) is 0. The minimum absolute atomic E-state index is 0.317. The average molecular weight is 292 g/mol. The standard InChI is InChI=1S/C21H24O/c1-3-4-9-16(2)22-15-21-19-12-7-5-10-17(19)14-18-11-6-8-13-20(18)21/h5-8,10-14,16H,3-4,9,15H2,1-2H3. The summed E-state index contributed by atoms with van der Waals surface area (Å²) >= 11 is 0. The first-order valence-electron chi connectivity index (χ1n) is 8.30.